The average molecular weight is 329 g/mol. The van der Waals surface area contributed by atoms with Gasteiger partial charge in [0.15, 0.2) is 0 Å². The molecule has 0 radical (unpaired) electrons. The summed E-state index contributed by atoms with van der Waals surface area (Å²) in [5, 5.41) is 14.6. The van der Waals surface area contributed by atoms with Crippen LogP contribution in [0.2, 0.25) is 0 Å². The monoisotopic (exact) mass is 329 g/mol. The Bertz CT molecular complexity index is 735. The Morgan fingerprint density at radius 3 is 2.76 bits per heavy atom. The molecule has 2 aromatic rings. The predicted molar refractivity (Wildman–Crippen MR) is 77.6 cm³/mol. The van der Waals surface area contributed by atoms with Crippen molar-refractivity contribution >= 4 is 27.3 Å². The maximum absolute atomic E-state index is 12.4. The highest BCUT2D eigenvalue weighted by Gasteiger charge is 2.26. The zero-order valence-corrected chi connectivity index (χ0v) is 13.1. The number of hydrogen-bond donors (Lipinski definition) is 2. The highest BCUT2D eigenvalue weighted by atomic mass is 32.2. The Morgan fingerprint density at radius 1 is 1.57 bits per heavy atom. The first-order chi connectivity index (χ1) is 9.81. The van der Waals surface area contributed by atoms with Crippen molar-refractivity contribution in [1.82, 2.24) is 14.5 Å². The number of hydrogen-bond acceptors (Lipinski definition) is 5. The number of rotatable bonds is 6. The Morgan fingerprint density at radius 2 is 2.29 bits per heavy atom. The highest BCUT2D eigenvalue weighted by Crippen LogP contribution is 2.25. The van der Waals surface area contributed by atoms with Crippen LogP contribution in [0, 0.1) is 6.92 Å². The van der Waals surface area contributed by atoms with E-state index in [0.29, 0.717) is 10.6 Å². The third-order valence-electron chi connectivity index (χ3n) is 3.04. The average Bonchev–Trinajstić information content (AvgIpc) is 2.99. The molecular weight excluding hydrogens is 314 g/mol. The fourth-order valence-electron chi connectivity index (χ4n) is 1.86. The molecule has 1 unspecified atom stereocenters. The molecule has 2 aromatic heterocycles. The smallest absolute Gasteiger partial charge is 0.305 e. The van der Waals surface area contributed by atoms with Crippen LogP contribution in [0.1, 0.15) is 23.0 Å². The molecule has 0 fully saturated rings. The molecule has 114 valence electrons. The van der Waals surface area contributed by atoms with E-state index in [1.165, 1.54) is 22.2 Å². The molecule has 2 heterocycles. The zero-order valence-electron chi connectivity index (χ0n) is 11.5. The first-order valence-electron chi connectivity index (χ1n) is 6.07. The van der Waals surface area contributed by atoms with Crippen molar-refractivity contribution in [3.8, 4) is 0 Å². The molecule has 0 bridgehead atoms. The van der Waals surface area contributed by atoms with E-state index >= 15 is 0 Å². The summed E-state index contributed by atoms with van der Waals surface area (Å²) in [5.74, 6) is -1.07. The summed E-state index contributed by atoms with van der Waals surface area (Å²) in [6.45, 7) is 1.64. The van der Waals surface area contributed by atoms with Gasteiger partial charge in [0.25, 0.3) is 0 Å². The number of aliphatic carboxylic acids is 1. The third-order valence-corrected chi connectivity index (χ3v) is 5.60. The minimum absolute atomic E-state index is 0.0527. The fraction of sp³-hybridized carbons (Fsp3) is 0.333. The Labute approximate surface area is 126 Å². The van der Waals surface area contributed by atoms with Gasteiger partial charge in [-0.2, -0.15) is 5.10 Å². The van der Waals surface area contributed by atoms with Gasteiger partial charge in [-0.3, -0.25) is 9.48 Å². The van der Waals surface area contributed by atoms with Crippen LogP contribution < -0.4 is 4.72 Å². The molecule has 7 nitrogen and oxygen atoms in total. The molecule has 2 rings (SSSR count). The lowest BCUT2D eigenvalue weighted by Gasteiger charge is -2.15. The van der Waals surface area contributed by atoms with Gasteiger partial charge in [-0.05, 0) is 18.4 Å². The minimum Gasteiger partial charge on any atom is -0.481 e. The van der Waals surface area contributed by atoms with Crippen LogP contribution >= 0.6 is 11.3 Å². The summed E-state index contributed by atoms with van der Waals surface area (Å²) < 4.78 is 28.7. The van der Waals surface area contributed by atoms with Crippen molar-refractivity contribution in [3.63, 3.8) is 0 Å². The van der Waals surface area contributed by atoms with E-state index in [9.17, 15) is 13.2 Å². The molecule has 1 atom stereocenters. The van der Waals surface area contributed by atoms with Gasteiger partial charge in [0.1, 0.15) is 4.90 Å². The topological polar surface area (TPSA) is 101 Å². The lowest BCUT2D eigenvalue weighted by Crippen LogP contribution is -2.30. The molecule has 0 spiro atoms. The normalized spacial score (nSPS) is 13.2. The van der Waals surface area contributed by atoms with Crippen LogP contribution in [0.4, 0.5) is 0 Å². The largest absolute Gasteiger partial charge is 0.481 e. The number of carboxylic acids is 1. The Hall–Kier alpha value is -1.71. The van der Waals surface area contributed by atoms with Crippen LogP contribution in [0.3, 0.4) is 0 Å². The van der Waals surface area contributed by atoms with Gasteiger partial charge < -0.3 is 5.11 Å². The summed E-state index contributed by atoms with van der Waals surface area (Å²) in [6, 6.07) is 2.65. The van der Waals surface area contributed by atoms with Gasteiger partial charge >= 0.3 is 5.97 Å². The zero-order chi connectivity index (χ0) is 15.6. The van der Waals surface area contributed by atoms with Crippen molar-refractivity contribution in [2.45, 2.75) is 24.3 Å². The molecule has 0 amide bonds. The van der Waals surface area contributed by atoms with E-state index in [4.69, 9.17) is 5.11 Å². The van der Waals surface area contributed by atoms with E-state index in [-0.39, 0.29) is 11.3 Å². The molecule has 0 aliphatic heterocycles. The second kappa shape index (κ2) is 5.96. The van der Waals surface area contributed by atoms with E-state index < -0.39 is 22.0 Å². The number of aromatic nitrogens is 2. The molecule has 21 heavy (non-hydrogen) atoms. The van der Waals surface area contributed by atoms with Crippen molar-refractivity contribution in [1.29, 1.82) is 0 Å². The van der Waals surface area contributed by atoms with Crippen molar-refractivity contribution in [3.05, 3.63) is 34.3 Å². The Kier molecular flexibility index (Phi) is 4.45. The maximum atomic E-state index is 12.4. The van der Waals surface area contributed by atoms with Crippen molar-refractivity contribution < 1.29 is 18.3 Å². The van der Waals surface area contributed by atoms with Crippen LogP contribution in [0.15, 0.2) is 28.6 Å². The predicted octanol–water partition coefficient (Wildman–Crippen LogP) is 1.28. The number of aryl methyl sites for hydroxylation is 1. The number of nitrogens with one attached hydrogen (secondary N) is 1. The molecule has 2 N–H and O–H groups in total. The fourth-order valence-corrected chi connectivity index (χ4v) is 4.13. The number of carbonyl (C=O) groups is 1. The number of carboxylic acid groups (broad SMARTS) is 1. The van der Waals surface area contributed by atoms with E-state index in [2.05, 4.69) is 9.82 Å². The molecular formula is C12H15N3O4S2. The lowest BCUT2D eigenvalue weighted by molar-refractivity contribution is -0.137. The summed E-state index contributed by atoms with van der Waals surface area (Å²) in [5.41, 5.74) is 0.489. The molecule has 0 aromatic carbocycles. The van der Waals surface area contributed by atoms with Gasteiger partial charge in [0.05, 0.1) is 24.4 Å². The van der Waals surface area contributed by atoms with Gasteiger partial charge in [-0.1, -0.05) is 6.07 Å². The van der Waals surface area contributed by atoms with E-state index in [1.54, 1.807) is 31.5 Å². The molecule has 0 aliphatic carbocycles. The highest BCUT2D eigenvalue weighted by molar-refractivity contribution is 7.89. The lowest BCUT2D eigenvalue weighted by atomic mass is 10.2. The van der Waals surface area contributed by atoms with Crippen LogP contribution in [-0.4, -0.2) is 29.3 Å². The van der Waals surface area contributed by atoms with Gasteiger partial charge in [0, 0.05) is 11.9 Å². The standard InChI is InChI=1S/C12H15N3O4S2/c1-8-11(7-13-15(8)2)21(18,19)14-9(6-12(16)17)10-4-3-5-20-10/h3-5,7,9,14H,6H2,1-2H3,(H,16,17). The van der Waals surface area contributed by atoms with Crippen molar-refractivity contribution in [2.75, 3.05) is 0 Å². The second-order valence-corrected chi connectivity index (χ2v) is 7.17. The molecule has 0 aliphatic rings. The molecule has 0 saturated heterocycles. The quantitative estimate of drug-likeness (QED) is 0.831. The van der Waals surface area contributed by atoms with Crippen LogP contribution in [-0.2, 0) is 21.9 Å². The SMILES string of the molecule is Cc1c(S(=O)(=O)NC(CC(=O)O)c2cccs2)cnn1C. The van der Waals surface area contributed by atoms with Gasteiger partial charge in [-0.15, -0.1) is 11.3 Å². The summed E-state index contributed by atoms with van der Waals surface area (Å²) in [6.07, 6.45) is 0.934. The number of thiophene rings is 1. The second-order valence-electron chi connectivity index (χ2n) is 4.50. The van der Waals surface area contributed by atoms with Crippen LogP contribution in [0.25, 0.3) is 0 Å². The molecule has 0 saturated carbocycles. The minimum atomic E-state index is -3.83. The summed E-state index contributed by atoms with van der Waals surface area (Å²) in [4.78, 5) is 11.7. The number of nitrogens with zero attached hydrogens (tertiary/aromatic N) is 2. The van der Waals surface area contributed by atoms with Gasteiger partial charge in [-0.25, -0.2) is 13.1 Å². The van der Waals surface area contributed by atoms with Crippen LogP contribution in [0.5, 0.6) is 0 Å². The third kappa shape index (κ3) is 3.49. The Balaban J connectivity index is 2.31. The summed E-state index contributed by atoms with van der Waals surface area (Å²) in [7, 11) is -2.19. The van der Waals surface area contributed by atoms with E-state index in [0.717, 1.165) is 0 Å². The number of sulfonamides is 1. The van der Waals surface area contributed by atoms with Gasteiger partial charge in [0.2, 0.25) is 10.0 Å². The molecule has 9 heteroatoms. The first-order valence-corrected chi connectivity index (χ1v) is 8.43. The maximum Gasteiger partial charge on any atom is 0.305 e. The summed E-state index contributed by atoms with van der Waals surface area (Å²) >= 11 is 1.31. The van der Waals surface area contributed by atoms with Crippen molar-refractivity contribution in [2.24, 2.45) is 7.05 Å². The van der Waals surface area contributed by atoms with E-state index in [1.807, 2.05) is 0 Å². The first kappa shape index (κ1) is 15.7.